The number of esters is 1. The van der Waals surface area contributed by atoms with Crippen LogP contribution in [0.5, 0.6) is 0 Å². The van der Waals surface area contributed by atoms with E-state index in [1.165, 1.54) is 0 Å². The third kappa shape index (κ3) is 6.60. The summed E-state index contributed by atoms with van der Waals surface area (Å²) in [7, 11) is 1.78. The van der Waals surface area contributed by atoms with Gasteiger partial charge in [0.25, 0.3) is 0 Å². The number of hydrogen-bond acceptors (Lipinski definition) is 4. The maximum absolute atomic E-state index is 11.9. The largest absolute Gasteiger partial charge is 0.466 e. The Bertz CT molecular complexity index is 506. The number of benzene rings is 1. The Balaban J connectivity index is 2.42. The average Bonchev–Trinajstić information content (AvgIpc) is 2.41. The van der Waals surface area contributed by atoms with Crippen molar-refractivity contribution in [3.05, 3.63) is 28.8 Å². The van der Waals surface area contributed by atoms with Gasteiger partial charge in [-0.15, -0.1) is 0 Å². The van der Waals surface area contributed by atoms with Crippen molar-refractivity contribution in [3.8, 4) is 0 Å². The van der Waals surface area contributed by atoms with Gasteiger partial charge in [0.2, 0.25) is 5.91 Å². The summed E-state index contributed by atoms with van der Waals surface area (Å²) in [6.45, 7) is 4.71. The number of rotatable bonds is 7. The van der Waals surface area contributed by atoms with Gasteiger partial charge in [-0.25, -0.2) is 0 Å². The van der Waals surface area contributed by atoms with Crippen LogP contribution in [0, 0.1) is 6.92 Å². The minimum atomic E-state index is -0.254. The van der Waals surface area contributed by atoms with Crippen molar-refractivity contribution in [3.63, 3.8) is 0 Å². The fraction of sp³-hybridized carbons (Fsp3) is 0.467. The molecule has 0 bridgehead atoms. The first-order valence-corrected chi connectivity index (χ1v) is 7.20. The minimum Gasteiger partial charge on any atom is -0.466 e. The van der Waals surface area contributed by atoms with Crippen molar-refractivity contribution < 1.29 is 14.3 Å². The molecule has 1 amide bonds. The topological polar surface area (TPSA) is 58.6 Å². The van der Waals surface area contributed by atoms with E-state index in [1.54, 1.807) is 31.0 Å². The first-order valence-electron chi connectivity index (χ1n) is 6.82. The molecule has 1 N–H and O–H groups in total. The number of anilines is 1. The van der Waals surface area contributed by atoms with Gasteiger partial charge in [0.1, 0.15) is 0 Å². The molecular formula is C15H21ClN2O3. The van der Waals surface area contributed by atoms with E-state index in [4.69, 9.17) is 16.3 Å². The van der Waals surface area contributed by atoms with Gasteiger partial charge in [-0.1, -0.05) is 17.7 Å². The smallest absolute Gasteiger partial charge is 0.307 e. The molecule has 6 heteroatoms. The van der Waals surface area contributed by atoms with Gasteiger partial charge < -0.3 is 10.1 Å². The lowest BCUT2D eigenvalue weighted by molar-refractivity contribution is -0.143. The Hall–Kier alpha value is -1.59. The Morgan fingerprint density at radius 3 is 2.76 bits per heavy atom. The summed E-state index contributed by atoms with van der Waals surface area (Å²) in [5, 5.41) is 3.39. The molecule has 0 aliphatic heterocycles. The number of carbonyl (C=O) groups is 2. The molecule has 0 fully saturated rings. The monoisotopic (exact) mass is 312 g/mol. The van der Waals surface area contributed by atoms with Crippen LogP contribution in [-0.4, -0.2) is 43.5 Å². The van der Waals surface area contributed by atoms with E-state index in [0.29, 0.717) is 23.9 Å². The van der Waals surface area contributed by atoms with Gasteiger partial charge >= 0.3 is 5.97 Å². The molecule has 1 rings (SSSR count). The Kier molecular flexibility index (Phi) is 7.19. The second-order valence-corrected chi connectivity index (χ2v) is 5.24. The lowest BCUT2D eigenvalue weighted by Gasteiger charge is -2.16. The summed E-state index contributed by atoms with van der Waals surface area (Å²) >= 11 is 5.91. The quantitative estimate of drug-likeness (QED) is 0.786. The summed E-state index contributed by atoms with van der Waals surface area (Å²) in [6.07, 6.45) is 0.272. The lowest BCUT2D eigenvalue weighted by atomic mass is 10.2. The Morgan fingerprint density at radius 1 is 1.38 bits per heavy atom. The third-order valence-electron chi connectivity index (χ3n) is 2.89. The van der Waals surface area contributed by atoms with Gasteiger partial charge in [0.05, 0.1) is 19.6 Å². The molecular weight excluding hydrogens is 292 g/mol. The summed E-state index contributed by atoms with van der Waals surface area (Å²) < 4.78 is 4.84. The number of amides is 1. The second kappa shape index (κ2) is 8.64. The second-order valence-electron chi connectivity index (χ2n) is 4.80. The zero-order valence-electron chi connectivity index (χ0n) is 12.6. The predicted octanol–water partition coefficient (Wildman–Crippen LogP) is 2.47. The Morgan fingerprint density at radius 2 is 2.10 bits per heavy atom. The normalized spacial score (nSPS) is 10.5. The molecule has 5 nitrogen and oxygen atoms in total. The van der Waals surface area contributed by atoms with E-state index in [2.05, 4.69) is 5.32 Å². The molecule has 0 radical (unpaired) electrons. The number of carbonyl (C=O) groups excluding carboxylic acids is 2. The summed E-state index contributed by atoms with van der Waals surface area (Å²) in [5.41, 5.74) is 1.65. The van der Waals surface area contributed by atoms with Gasteiger partial charge in [-0.2, -0.15) is 0 Å². The van der Waals surface area contributed by atoms with Crippen LogP contribution in [0.4, 0.5) is 5.69 Å². The van der Waals surface area contributed by atoms with Crippen LogP contribution in [0.2, 0.25) is 5.02 Å². The summed E-state index contributed by atoms with van der Waals surface area (Å²) in [6, 6.07) is 5.34. The first kappa shape index (κ1) is 17.5. The van der Waals surface area contributed by atoms with Gasteiger partial charge in [0.15, 0.2) is 0 Å². The molecule has 0 spiro atoms. The van der Waals surface area contributed by atoms with Gasteiger partial charge in [0, 0.05) is 17.3 Å². The predicted molar refractivity (Wildman–Crippen MR) is 83.6 cm³/mol. The van der Waals surface area contributed by atoms with E-state index < -0.39 is 0 Å². The standard InChI is InChI=1S/C15H21ClN2O3/c1-4-21-15(20)7-8-18(3)10-14(19)17-13-9-12(16)6-5-11(13)2/h5-6,9H,4,7-8,10H2,1-3H3,(H,17,19). The van der Waals surface area contributed by atoms with Crippen LogP contribution in [0.15, 0.2) is 18.2 Å². The minimum absolute atomic E-state index is 0.147. The van der Waals surface area contributed by atoms with Gasteiger partial charge in [-0.3, -0.25) is 14.5 Å². The molecule has 116 valence electrons. The zero-order valence-corrected chi connectivity index (χ0v) is 13.4. The van der Waals surface area contributed by atoms with Crippen LogP contribution >= 0.6 is 11.6 Å². The Labute approximate surface area is 130 Å². The number of nitrogens with zero attached hydrogens (tertiary/aromatic N) is 1. The highest BCUT2D eigenvalue weighted by Crippen LogP contribution is 2.19. The number of ether oxygens (including phenoxy) is 1. The van der Waals surface area contributed by atoms with Crippen molar-refractivity contribution in [1.29, 1.82) is 0 Å². The summed E-state index contributed by atoms with van der Waals surface area (Å²) in [4.78, 5) is 25.0. The molecule has 0 unspecified atom stereocenters. The van der Waals surface area contributed by atoms with E-state index >= 15 is 0 Å². The fourth-order valence-electron chi connectivity index (χ4n) is 1.76. The highest BCUT2D eigenvalue weighted by atomic mass is 35.5. The number of halogens is 1. The van der Waals surface area contributed by atoms with Crippen LogP contribution in [-0.2, 0) is 14.3 Å². The lowest BCUT2D eigenvalue weighted by Crippen LogP contribution is -2.32. The van der Waals surface area contributed by atoms with Crippen molar-refractivity contribution >= 4 is 29.2 Å². The van der Waals surface area contributed by atoms with E-state index in [1.807, 2.05) is 13.0 Å². The van der Waals surface area contributed by atoms with Gasteiger partial charge in [-0.05, 0) is 38.6 Å². The molecule has 0 atom stereocenters. The van der Waals surface area contributed by atoms with Crippen molar-refractivity contribution in [2.45, 2.75) is 20.3 Å². The fourth-order valence-corrected chi connectivity index (χ4v) is 1.93. The van der Waals surface area contributed by atoms with Crippen LogP contribution in [0.25, 0.3) is 0 Å². The van der Waals surface area contributed by atoms with Crippen LogP contribution in [0.1, 0.15) is 18.9 Å². The SMILES string of the molecule is CCOC(=O)CCN(C)CC(=O)Nc1cc(Cl)ccc1C. The maximum Gasteiger partial charge on any atom is 0.307 e. The number of hydrogen-bond donors (Lipinski definition) is 1. The maximum atomic E-state index is 11.9. The highest BCUT2D eigenvalue weighted by Gasteiger charge is 2.10. The first-order chi connectivity index (χ1) is 9.92. The van der Waals surface area contributed by atoms with Crippen LogP contribution in [0.3, 0.4) is 0 Å². The van der Waals surface area contributed by atoms with Crippen molar-refractivity contribution in [2.75, 3.05) is 32.1 Å². The molecule has 0 aliphatic rings. The molecule has 1 aromatic carbocycles. The third-order valence-corrected chi connectivity index (χ3v) is 3.13. The van der Waals surface area contributed by atoms with E-state index in [-0.39, 0.29) is 24.8 Å². The van der Waals surface area contributed by atoms with E-state index in [0.717, 1.165) is 5.56 Å². The highest BCUT2D eigenvalue weighted by molar-refractivity contribution is 6.31. The van der Waals surface area contributed by atoms with Crippen molar-refractivity contribution in [1.82, 2.24) is 4.90 Å². The molecule has 0 saturated carbocycles. The zero-order chi connectivity index (χ0) is 15.8. The molecule has 21 heavy (non-hydrogen) atoms. The summed E-state index contributed by atoms with van der Waals surface area (Å²) in [5.74, 6) is -0.401. The number of aryl methyl sites for hydroxylation is 1. The molecule has 0 aliphatic carbocycles. The number of nitrogens with one attached hydrogen (secondary N) is 1. The number of likely N-dealkylation sites (N-methyl/N-ethyl adjacent to an activating group) is 1. The molecule has 0 heterocycles. The van der Waals surface area contributed by atoms with Crippen molar-refractivity contribution in [2.24, 2.45) is 0 Å². The molecule has 1 aromatic rings. The van der Waals surface area contributed by atoms with Crippen LogP contribution < -0.4 is 5.32 Å². The average molecular weight is 313 g/mol. The molecule has 0 aromatic heterocycles. The van der Waals surface area contributed by atoms with E-state index in [9.17, 15) is 9.59 Å². The molecule has 0 saturated heterocycles.